The van der Waals surface area contributed by atoms with Gasteiger partial charge in [0.05, 0.1) is 11.0 Å². The second kappa shape index (κ2) is 6.47. The molecule has 0 spiro atoms. The minimum Gasteiger partial charge on any atom is -0.356 e. The van der Waals surface area contributed by atoms with Crippen molar-refractivity contribution in [3.8, 4) is 0 Å². The first-order valence-corrected chi connectivity index (χ1v) is 6.38. The molecule has 1 rings (SSSR count). The zero-order valence-electron chi connectivity index (χ0n) is 9.80. The summed E-state index contributed by atoms with van der Waals surface area (Å²) in [5.74, 6) is 1.30. The molecule has 0 saturated heterocycles. The topological polar surface area (TPSA) is 72.7 Å². The minimum absolute atomic E-state index is 0.0508. The van der Waals surface area contributed by atoms with Gasteiger partial charge in [-0.25, -0.2) is 4.68 Å². The smallest absolute Gasteiger partial charge is 0.230 e. The Hall–Kier alpha value is -1.11. The first-order chi connectivity index (χ1) is 7.69. The maximum Gasteiger partial charge on any atom is 0.230 e. The van der Waals surface area contributed by atoms with Crippen molar-refractivity contribution in [2.24, 2.45) is 0 Å². The number of carbonyl (C=O) groups is 1. The molecule has 6 nitrogen and oxygen atoms in total. The lowest BCUT2D eigenvalue weighted by Gasteiger charge is -2.09. The van der Waals surface area contributed by atoms with E-state index in [0.29, 0.717) is 12.3 Å². The number of rotatable bonds is 6. The molecule has 0 radical (unpaired) electrons. The summed E-state index contributed by atoms with van der Waals surface area (Å²) in [4.78, 5) is 11.3. The van der Waals surface area contributed by atoms with E-state index in [1.807, 2.05) is 20.8 Å². The van der Waals surface area contributed by atoms with E-state index in [4.69, 9.17) is 0 Å². The van der Waals surface area contributed by atoms with Gasteiger partial charge >= 0.3 is 0 Å². The normalized spacial score (nSPS) is 12.4. The van der Waals surface area contributed by atoms with E-state index in [1.165, 1.54) is 11.8 Å². The highest BCUT2D eigenvalue weighted by molar-refractivity contribution is 8.00. The maximum absolute atomic E-state index is 11.3. The number of hydrogen-bond donors (Lipinski definition) is 1. The third kappa shape index (κ3) is 3.48. The van der Waals surface area contributed by atoms with Crippen LogP contribution in [0.25, 0.3) is 0 Å². The predicted octanol–water partition coefficient (Wildman–Crippen LogP) is 0.623. The number of hydrogen-bond acceptors (Lipinski definition) is 5. The number of nitrogens with zero attached hydrogens (tertiary/aromatic N) is 4. The highest BCUT2D eigenvalue weighted by Gasteiger charge is 2.15. The highest BCUT2D eigenvalue weighted by atomic mass is 32.2. The molecule has 0 aliphatic carbocycles. The van der Waals surface area contributed by atoms with Crippen LogP contribution in [0.3, 0.4) is 0 Å². The number of aryl methyl sites for hydroxylation is 1. The summed E-state index contributed by atoms with van der Waals surface area (Å²) in [6.07, 6.45) is 0. The van der Waals surface area contributed by atoms with E-state index >= 15 is 0 Å². The van der Waals surface area contributed by atoms with Gasteiger partial charge in [-0.2, -0.15) is 0 Å². The molecule has 1 amide bonds. The molecule has 1 atom stereocenters. The lowest BCUT2D eigenvalue weighted by Crippen LogP contribution is -2.24. The Balaban J connectivity index is 2.46. The Morgan fingerprint density at radius 1 is 1.56 bits per heavy atom. The van der Waals surface area contributed by atoms with Gasteiger partial charge in [-0.1, -0.05) is 0 Å². The third-order valence-electron chi connectivity index (χ3n) is 2.06. The van der Waals surface area contributed by atoms with Gasteiger partial charge in [-0.05, 0) is 31.2 Å². The van der Waals surface area contributed by atoms with Crippen LogP contribution in [0.15, 0.2) is 0 Å². The van der Waals surface area contributed by atoms with Crippen LogP contribution in [-0.4, -0.2) is 38.4 Å². The average molecular weight is 243 g/mol. The van der Waals surface area contributed by atoms with E-state index in [-0.39, 0.29) is 11.2 Å². The first-order valence-electron chi connectivity index (χ1n) is 5.33. The van der Waals surface area contributed by atoms with E-state index in [2.05, 4.69) is 20.8 Å². The summed E-state index contributed by atoms with van der Waals surface area (Å²) in [6.45, 7) is 7.31. The fourth-order valence-electron chi connectivity index (χ4n) is 1.25. The molecule has 0 aromatic carbocycles. The van der Waals surface area contributed by atoms with Crippen LogP contribution in [0, 0.1) is 0 Å². The summed E-state index contributed by atoms with van der Waals surface area (Å²) in [7, 11) is 0. The van der Waals surface area contributed by atoms with Gasteiger partial charge in [0.15, 0.2) is 5.82 Å². The summed E-state index contributed by atoms with van der Waals surface area (Å²) in [5.41, 5.74) is 0. The summed E-state index contributed by atoms with van der Waals surface area (Å²) < 4.78 is 1.75. The Kier molecular flexibility index (Phi) is 5.24. The van der Waals surface area contributed by atoms with Gasteiger partial charge < -0.3 is 5.32 Å². The summed E-state index contributed by atoms with van der Waals surface area (Å²) in [6, 6.07) is 0. The summed E-state index contributed by atoms with van der Waals surface area (Å²) in [5, 5.41) is 14.3. The zero-order valence-corrected chi connectivity index (χ0v) is 10.6. The number of thioether (sulfide) groups is 1. The Morgan fingerprint density at radius 3 is 2.94 bits per heavy atom. The highest BCUT2D eigenvalue weighted by Crippen LogP contribution is 2.25. The van der Waals surface area contributed by atoms with Crippen molar-refractivity contribution in [3.63, 3.8) is 0 Å². The van der Waals surface area contributed by atoms with Crippen LogP contribution >= 0.6 is 11.8 Å². The van der Waals surface area contributed by atoms with E-state index in [1.54, 1.807) is 4.68 Å². The third-order valence-corrected chi connectivity index (χ3v) is 3.20. The molecular weight excluding hydrogens is 226 g/mol. The van der Waals surface area contributed by atoms with Gasteiger partial charge in [0, 0.05) is 13.1 Å². The van der Waals surface area contributed by atoms with Crippen LogP contribution in [-0.2, 0) is 11.3 Å². The quantitative estimate of drug-likeness (QED) is 0.793. The number of aromatic nitrogens is 4. The number of nitrogens with one attached hydrogen (secondary N) is 1. The molecular formula is C9H17N5OS. The Labute approximate surface area is 99.2 Å². The van der Waals surface area contributed by atoms with Gasteiger partial charge in [0.1, 0.15) is 0 Å². The van der Waals surface area contributed by atoms with Crippen molar-refractivity contribution < 1.29 is 4.79 Å². The van der Waals surface area contributed by atoms with Crippen LogP contribution in [0.1, 0.15) is 31.8 Å². The second-order valence-electron chi connectivity index (χ2n) is 3.26. The van der Waals surface area contributed by atoms with Crippen LogP contribution in [0.2, 0.25) is 0 Å². The number of tetrazole rings is 1. The first kappa shape index (κ1) is 13.0. The van der Waals surface area contributed by atoms with E-state index in [9.17, 15) is 4.79 Å². The van der Waals surface area contributed by atoms with Crippen LogP contribution < -0.4 is 5.32 Å². The van der Waals surface area contributed by atoms with Crippen molar-refractivity contribution in [2.45, 2.75) is 32.6 Å². The molecule has 1 N–H and O–H groups in total. The molecule has 7 heteroatoms. The maximum atomic E-state index is 11.3. The number of amides is 1. The molecule has 0 aliphatic rings. The Morgan fingerprint density at radius 2 is 2.31 bits per heavy atom. The van der Waals surface area contributed by atoms with Gasteiger partial charge in [-0.3, -0.25) is 4.79 Å². The largest absolute Gasteiger partial charge is 0.356 e. The Bertz CT molecular complexity index is 340. The fourth-order valence-corrected chi connectivity index (χ4v) is 2.07. The SMILES string of the molecule is CCNC(=O)CSC(C)c1nnnn1CC. The van der Waals surface area contributed by atoms with Crippen LogP contribution in [0.5, 0.6) is 0 Å². The van der Waals surface area contributed by atoms with Gasteiger partial charge in [-0.15, -0.1) is 16.9 Å². The minimum atomic E-state index is 0.0508. The molecule has 1 aromatic heterocycles. The second-order valence-corrected chi connectivity index (χ2v) is 4.59. The molecule has 1 unspecified atom stereocenters. The predicted molar refractivity (Wildman–Crippen MR) is 63.0 cm³/mol. The average Bonchev–Trinajstić information content (AvgIpc) is 2.74. The van der Waals surface area contributed by atoms with Crippen molar-refractivity contribution in [2.75, 3.05) is 12.3 Å². The fraction of sp³-hybridized carbons (Fsp3) is 0.778. The van der Waals surface area contributed by atoms with Crippen molar-refractivity contribution in [1.29, 1.82) is 0 Å². The molecule has 0 aliphatic heterocycles. The lowest BCUT2D eigenvalue weighted by atomic mass is 10.4. The van der Waals surface area contributed by atoms with Gasteiger partial charge in [0.2, 0.25) is 5.91 Å². The molecule has 0 fully saturated rings. The number of carbonyl (C=O) groups excluding carboxylic acids is 1. The molecule has 0 bridgehead atoms. The summed E-state index contributed by atoms with van der Waals surface area (Å²) >= 11 is 1.54. The molecule has 1 heterocycles. The van der Waals surface area contributed by atoms with Crippen molar-refractivity contribution in [3.05, 3.63) is 5.82 Å². The standard InChI is InChI=1S/C9H17N5OS/c1-4-10-8(15)6-16-7(3)9-11-12-13-14(9)5-2/h7H,4-6H2,1-3H3,(H,10,15). The van der Waals surface area contributed by atoms with Gasteiger partial charge in [0.25, 0.3) is 0 Å². The van der Waals surface area contributed by atoms with Crippen LogP contribution in [0.4, 0.5) is 0 Å². The van der Waals surface area contributed by atoms with Crippen molar-refractivity contribution in [1.82, 2.24) is 25.5 Å². The van der Waals surface area contributed by atoms with Crippen molar-refractivity contribution >= 4 is 17.7 Å². The lowest BCUT2D eigenvalue weighted by molar-refractivity contribution is -0.118. The molecule has 16 heavy (non-hydrogen) atoms. The molecule has 90 valence electrons. The van der Waals surface area contributed by atoms with E-state index < -0.39 is 0 Å². The monoisotopic (exact) mass is 243 g/mol. The van der Waals surface area contributed by atoms with E-state index in [0.717, 1.165) is 12.4 Å². The zero-order chi connectivity index (χ0) is 12.0. The molecule has 0 saturated carbocycles. The molecule has 1 aromatic rings.